The van der Waals surface area contributed by atoms with Crippen LogP contribution in [0.5, 0.6) is 11.6 Å². The normalized spacial score (nSPS) is 12.1. The first-order valence-electron chi connectivity index (χ1n) is 9.72. The number of thiophene rings is 1. The molecule has 0 N–H and O–H groups in total. The molecule has 5 aromatic rings. The quantitative estimate of drug-likeness (QED) is 0.110. The van der Waals surface area contributed by atoms with Gasteiger partial charge >= 0.3 is 12.4 Å². The molecule has 5 rings (SSSR count). The zero-order valence-electron chi connectivity index (χ0n) is 17.2. The van der Waals surface area contributed by atoms with Crippen molar-refractivity contribution in [2.75, 3.05) is 0 Å². The fourth-order valence-electron chi connectivity index (χ4n) is 3.61. The van der Waals surface area contributed by atoms with Crippen LogP contribution in [0.3, 0.4) is 0 Å². The molecule has 0 amide bonds. The van der Waals surface area contributed by atoms with Crippen molar-refractivity contribution in [2.24, 2.45) is 0 Å². The minimum atomic E-state index is -5.23. The Morgan fingerprint density at radius 1 is 0.771 bits per heavy atom. The minimum absolute atomic E-state index is 0. The van der Waals surface area contributed by atoms with Crippen LogP contribution < -0.4 is 4.74 Å². The number of aromatic nitrogens is 2. The summed E-state index contributed by atoms with van der Waals surface area (Å²) in [5, 5.41) is 12.8. The summed E-state index contributed by atoms with van der Waals surface area (Å²) in [6.07, 6.45) is -10.4. The van der Waals surface area contributed by atoms with Gasteiger partial charge < -0.3 is 4.74 Å². The standard InChI is InChI=1S/C24H11F6N2OS.Ir/c25-23(26,27)18-8-7-15(12-19(18)24(28,29)30)33-22-17-11-14-5-2-1-4-13(14)10-16(17)21(31-32-22)20-6-3-9-34-20;/h1-5,7-12H;/q-1;. The number of hydrogen-bond acceptors (Lipinski definition) is 4. The maximum Gasteiger partial charge on any atom is 0.417 e. The number of alkyl halides is 6. The molecular weight excluding hydrogens is 671 g/mol. The number of ether oxygens (including phenoxy) is 1. The van der Waals surface area contributed by atoms with Crippen LogP contribution in [0.15, 0.2) is 66.0 Å². The Morgan fingerprint density at radius 2 is 1.43 bits per heavy atom. The predicted octanol–water partition coefficient (Wildman–Crippen LogP) is 8.14. The molecule has 2 heterocycles. The smallest absolute Gasteiger partial charge is 0.417 e. The molecule has 3 nitrogen and oxygen atoms in total. The average molecular weight is 682 g/mol. The zero-order valence-corrected chi connectivity index (χ0v) is 20.4. The minimum Gasteiger partial charge on any atom is -0.437 e. The van der Waals surface area contributed by atoms with Crippen molar-refractivity contribution in [3.63, 3.8) is 0 Å². The van der Waals surface area contributed by atoms with Crippen LogP contribution in [0.25, 0.3) is 32.1 Å². The van der Waals surface area contributed by atoms with Crippen molar-refractivity contribution in [1.29, 1.82) is 0 Å². The number of halogens is 6. The zero-order chi connectivity index (χ0) is 24.1. The Labute approximate surface area is 211 Å². The van der Waals surface area contributed by atoms with Gasteiger partial charge in [-0.2, -0.15) is 38.5 Å². The maximum absolute atomic E-state index is 13.3. The summed E-state index contributed by atoms with van der Waals surface area (Å²) in [4.78, 5) is 0.702. The van der Waals surface area contributed by atoms with E-state index in [0.29, 0.717) is 33.5 Å². The van der Waals surface area contributed by atoms with Crippen LogP contribution in [0.2, 0.25) is 0 Å². The van der Waals surface area contributed by atoms with Gasteiger partial charge in [0.25, 0.3) is 0 Å². The molecular formula is C24H11F6IrN2OS-. The van der Waals surface area contributed by atoms with E-state index in [1.807, 2.05) is 35.7 Å². The Bertz CT molecular complexity index is 1520. The topological polar surface area (TPSA) is 35.0 Å². The van der Waals surface area contributed by atoms with Crippen LogP contribution in [0.4, 0.5) is 26.3 Å². The predicted molar refractivity (Wildman–Crippen MR) is 116 cm³/mol. The second-order valence-corrected chi connectivity index (χ2v) is 8.21. The van der Waals surface area contributed by atoms with E-state index in [9.17, 15) is 26.3 Å². The van der Waals surface area contributed by atoms with Crippen molar-refractivity contribution in [3.8, 4) is 22.2 Å². The first kappa shape index (κ1) is 25.1. The number of nitrogens with zero attached hydrogens (tertiary/aromatic N) is 2. The fraction of sp³-hybridized carbons (Fsp3) is 0.0833. The van der Waals surface area contributed by atoms with Gasteiger partial charge in [-0.25, -0.2) is 16.4 Å². The maximum atomic E-state index is 13.3. The molecule has 181 valence electrons. The second-order valence-electron chi connectivity index (χ2n) is 7.30. The molecule has 0 aliphatic carbocycles. The third kappa shape index (κ3) is 4.89. The fourth-order valence-corrected chi connectivity index (χ4v) is 4.28. The van der Waals surface area contributed by atoms with E-state index in [1.54, 1.807) is 12.1 Å². The SMILES string of the molecule is FC(F)(F)c1ccc(Oc2nnc(-c3[c-]ccs3)c3cc4ccccc4cc23)cc1C(F)(F)F.[Ir]. The second kappa shape index (κ2) is 9.22. The summed E-state index contributed by atoms with van der Waals surface area (Å²) in [6, 6.07) is 17.3. The molecule has 0 fully saturated rings. The number of benzene rings is 3. The molecule has 0 saturated carbocycles. The van der Waals surface area contributed by atoms with Gasteiger partial charge in [-0.1, -0.05) is 35.2 Å². The molecule has 0 aliphatic heterocycles. The molecule has 35 heavy (non-hydrogen) atoms. The Hall–Kier alpha value is -3.01. The molecule has 0 spiro atoms. The third-order valence-corrected chi connectivity index (χ3v) is 5.93. The molecule has 0 aliphatic rings. The van der Waals surface area contributed by atoms with E-state index >= 15 is 0 Å². The molecule has 3 aromatic carbocycles. The van der Waals surface area contributed by atoms with Crippen LogP contribution in [-0.4, -0.2) is 10.2 Å². The van der Waals surface area contributed by atoms with Gasteiger partial charge in [-0.05, 0) is 40.4 Å². The van der Waals surface area contributed by atoms with Crippen LogP contribution >= 0.6 is 11.3 Å². The van der Waals surface area contributed by atoms with Gasteiger partial charge in [0.15, 0.2) is 0 Å². The average Bonchev–Trinajstić information content (AvgIpc) is 3.31. The molecule has 1 radical (unpaired) electrons. The first-order valence-corrected chi connectivity index (χ1v) is 10.6. The van der Waals surface area contributed by atoms with Crippen LogP contribution in [0, 0.1) is 6.07 Å². The van der Waals surface area contributed by atoms with Gasteiger partial charge in [0.1, 0.15) is 5.75 Å². The van der Waals surface area contributed by atoms with Crippen molar-refractivity contribution in [2.45, 2.75) is 12.4 Å². The molecule has 0 saturated heterocycles. The third-order valence-electron chi connectivity index (χ3n) is 5.11. The van der Waals surface area contributed by atoms with Gasteiger partial charge in [0.2, 0.25) is 5.88 Å². The van der Waals surface area contributed by atoms with E-state index in [1.165, 1.54) is 11.3 Å². The van der Waals surface area contributed by atoms with Crippen molar-refractivity contribution >= 4 is 32.9 Å². The van der Waals surface area contributed by atoms with E-state index in [-0.39, 0.29) is 26.0 Å². The van der Waals surface area contributed by atoms with Crippen LogP contribution in [0.1, 0.15) is 11.1 Å². The summed E-state index contributed by atoms with van der Waals surface area (Å²) < 4.78 is 84.9. The van der Waals surface area contributed by atoms with E-state index in [0.717, 1.165) is 16.8 Å². The summed E-state index contributed by atoms with van der Waals surface area (Å²) in [6.45, 7) is 0. The Kier molecular flexibility index (Phi) is 6.61. The van der Waals surface area contributed by atoms with Crippen LogP contribution in [-0.2, 0) is 32.5 Å². The van der Waals surface area contributed by atoms with E-state index in [2.05, 4.69) is 16.3 Å². The largest absolute Gasteiger partial charge is 0.437 e. The Balaban J connectivity index is 0.00000289. The molecule has 0 bridgehead atoms. The van der Waals surface area contributed by atoms with Gasteiger partial charge in [0.05, 0.1) is 11.1 Å². The molecule has 0 atom stereocenters. The Morgan fingerprint density at radius 3 is 2.03 bits per heavy atom. The van der Waals surface area contributed by atoms with E-state index in [4.69, 9.17) is 4.74 Å². The van der Waals surface area contributed by atoms with Gasteiger partial charge in [0, 0.05) is 31.2 Å². The molecule has 0 unspecified atom stereocenters. The molecule has 11 heteroatoms. The monoisotopic (exact) mass is 682 g/mol. The summed E-state index contributed by atoms with van der Waals surface area (Å²) in [5.41, 5.74) is -3.13. The van der Waals surface area contributed by atoms with Gasteiger partial charge in [-0.3, -0.25) is 0 Å². The first-order chi connectivity index (χ1) is 16.1. The summed E-state index contributed by atoms with van der Waals surface area (Å²) in [7, 11) is 0. The van der Waals surface area contributed by atoms with E-state index < -0.39 is 29.2 Å². The van der Waals surface area contributed by atoms with Crippen molar-refractivity contribution in [3.05, 3.63) is 83.2 Å². The summed E-state index contributed by atoms with van der Waals surface area (Å²) in [5.74, 6) is -0.575. The number of fused-ring (bicyclic) bond motifs is 2. The van der Waals surface area contributed by atoms with Crippen molar-refractivity contribution < 1.29 is 51.2 Å². The molecule has 2 aromatic heterocycles. The van der Waals surface area contributed by atoms with Crippen molar-refractivity contribution in [1.82, 2.24) is 10.2 Å². The number of rotatable bonds is 3. The summed E-state index contributed by atoms with van der Waals surface area (Å²) >= 11 is 1.38. The van der Waals surface area contributed by atoms with Gasteiger partial charge in [-0.15, -0.1) is 10.5 Å². The number of hydrogen-bond donors (Lipinski definition) is 0.